The van der Waals surface area contributed by atoms with Crippen LogP contribution in [0, 0.1) is 0 Å². The van der Waals surface area contributed by atoms with Crippen LogP contribution in [-0.2, 0) is 5.41 Å². The van der Waals surface area contributed by atoms with Gasteiger partial charge in [0.05, 0.1) is 0 Å². The van der Waals surface area contributed by atoms with Crippen LogP contribution in [0.15, 0.2) is 140 Å². The lowest BCUT2D eigenvalue weighted by molar-refractivity contribution is 0.601. The summed E-state index contributed by atoms with van der Waals surface area (Å²) in [5.74, 6) is 0. The largest absolute Gasteiger partial charge is 0.0616 e. The van der Waals surface area contributed by atoms with E-state index in [0.29, 0.717) is 0 Å². The molecule has 0 spiro atoms. The molecular weight excluding hydrogens is 504 g/mol. The maximum Gasteiger partial charge on any atom is -0.00264 e. The SMILES string of the molecule is CC(C)(C)c1c2ccccc2c(-c2ccc3ccccc3c2)c2ccc(-c3ccc4c(ccc5ccccc54)c3)cc12. The second kappa shape index (κ2) is 9.29. The van der Waals surface area contributed by atoms with E-state index < -0.39 is 0 Å². The molecule has 0 fully saturated rings. The van der Waals surface area contributed by atoms with Gasteiger partial charge in [-0.1, -0.05) is 142 Å². The van der Waals surface area contributed by atoms with Gasteiger partial charge in [-0.25, -0.2) is 0 Å². The van der Waals surface area contributed by atoms with Gasteiger partial charge in [-0.15, -0.1) is 0 Å². The Balaban J connectivity index is 1.42. The maximum absolute atomic E-state index is 2.44. The number of hydrogen-bond donors (Lipinski definition) is 0. The lowest BCUT2D eigenvalue weighted by Crippen LogP contribution is -2.13. The summed E-state index contributed by atoms with van der Waals surface area (Å²) < 4.78 is 0. The fourth-order valence-corrected chi connectivity index (χ4v) is 7.01. The molecule has 0 heteroatoms. The van der Waals surface area contributed by atoms with Crippen molar-refractivity contribution < 1.29 is 0 Å². The van der Waals surface area contributed by atoms with Gasteiger partial charge < -0.3 is 0 Å². The molecule has 0 aliphatic rings. The molecule has 0 aromatic heterocycles. The molecule has 200 valence electrons. The van der Waals surface area contributed by atoms with Gasteiger partial charge in [0.15, 0.2) is 0 Å². The number of benzene rings is 8. The second-order valence-electron chi connectivity index (χ2n) is 12.6. The number of rotatable bonds is 2. The predicted octanol–water partition coefficient (Wildman–Crippen LogP) is 12.1. The van der Waals surface area contributed by atoms with Crippen molar-refractivity contribution >= 4 is 53.9 Å². The third-order valence-corrected chi connectivity index (χ3v) is 8.89. The van der Waals surface area contributed by atoms with Gasteiger partial charge in [-0.3, -0.25) is 0 Å². The summed E-state index contributed by atoms with van der Waals surface area (Å²) in [6, 6.07) is 51.7. The van der Waals surface area contributed by atoms with Gasteiger partial charge >= 0.3 is 0 Å². The van der Waals surface area contributed by atoms with Crippen LogP contribution >= 0.6 is 0 Å². The van der Waals surface area contributed by atoms with Crippen LogP contribution in [0.5, 0.6) is 0 Å². The van der Waals surface area contributed by atoms with E-state index in [1.165, 1.54) is 81.7 Å². The van der Waals surface area contributed by atoms with Crippen LogP contribution in [0.3, 0.4) is 0 Å². The first-order valence-electron chi connectivity index (χ1n) is 14.9. The lowest BCUT2D eigenvalue weighted by atomic mass is 9.77. The van der Waals surface area contributed by atoms with E-state index in [1.54, 1.807) is 0 Å². The average Bonchev–Trinajstić information content (AvgIpc) is 3.02. The zero-order chi connectivity index (χ0) is 28.4. The monoisotopic (exact) mass is 536 g/mol. The summed E-state index contributed by atoms with van der Waals surface area (Å²) >= 11 is 0. The smallest absolute Gasteiger partial charge is 0.00264 e. The van der Waals surface area contributed by atoms with E-state index in [0.717, 1.165) is 0 Å². The Labute approximate surface area is 246 Å². The van der Waals surface area contributed by atoms with Gasteiger partial charge in [0.1, 0.15) is 0 Å². The fraction of sp³-hybridized carbons (Fsp3) is 0.0952. The van der Waals surface area contributed by atoms with Crippen molar-refractivity contribution in [2.24, 2.45) is 0 Å². The second-order valence-corrected chi connectivity index (χ2v) is 12.6. The molecule has 8 aromatic carbocycles. The molecule has 0 heterocycles. The van der Waals surface area contributed by atoms with E-state index in [9.17, 15) is 0 Å². The minimum absolute atomic E-state index is 0.0271. The van der Waals surface area contributed by atoms with Crippen LogP contribution in [-0.4, -0.2) is 0 Å². The highest BCUT2D eigenvalue weighted by molar-refractivity contribution is 6.17. The molecule has 0 nitrogen and oxygen atoms in total. The molecule has 8 rings (SSSR count). The molecule has 8 aromatic rings. The molecule has 0 aliphatic heterocycles. The van der Waals surface area contributed by atoms with Crippen molar-refractivity contribution in [1.82, 2.24) is 0 Å². The molecule has 0 saturated carbocycles. The van der Waals surface area contributed by atoms with Crippen LogP contribution < -0.4 is 0 Å². The summed E-state index contributed by atoms with van der Waals surface area (Å²) in [5, 5.41) is 13.0. The minimum Gasteiger partial charge on any atom is -0.0616 e. The zero-order valence-corrected chi connectivity index (χ0v) is 24.3. The topological polar surface area (TPSA) is 0 Å². The first-order valence-corrected chi connectivity index (χ1v) is 14.9. The number of fused-ring (bicyclic) bond motifs is 6. The van der Waals surface area contributed by atoms with Crippen molar-refractivity contribution in [3.63, 3.8) is 0 Å². The third kappa shape index (κ3) is 3.90. The lowest BCUT2D eigenvalue weighted by Gasteiger charge is -2.26. The fourth-order valence-electron chi connectivity index (χ4n) is 7.01. The van der Waals surface area contributed by atoms with Gasteiger partial charge in [-0.2, -0.15) is 0 Å². The molecule has 0 amide bonds. The van der Waals surface area contributed by atoms with E-state index >= 15 is 0 Å². The van der Waals surface area contributed by atoms with Crippen LogP contribution in [0.1, 0.15) is 26.3 Å². The predicted molar refractivity (Wildman–Crippen MR) is 184 cm³/mol. The molecule has 0 radical (unpaired) electrons. The van der Waals surface area contributed by atoms with Crippen molar-refractivity contribution in [3.05, 3.63) is 145 Å². The minimum atomic E-state index is -0.0271. The highest BCUT2D eigenvalue weighted by atomic mass is 14.3. The molecule has 0 saturated heterocycles. The van der Waals surface area contributed by atoms with Crippen LogP contribution in [0.2, 0.25) is 0 Å². The van der Waals surface area contributed by atoms with Crippen molar-refractivity contribution in [3.8, 4) is 22.3 Å². The third-order valence-electron chi connectivity index (χ3n) is 8.89. The number of hydrogen-bond acceptors (Lipinski definition) is 0. The summed E-state index contributed by atoms with van der Waals surface area (Å²) in [6.45, 7) is 7.03. The van der Waals surface area contributed by atoms with Crippen molar-refractivity contribution in [1.29, 1.82) is 0 Å². The maximum atomic E-state index is 2.44. The first kappa shape index (κ1) is 24.8. The van der Waals surface area contributed by atoms with Gasteiger partial charge in [-0.05, 0) is 105 Å². The molecule has 0 aliphatic carbocycles. The standard InChI is InChI=1S/C42H32/c1-42(2,3)41-38-15-9-8-14-36(38)40(33-19-16-27-10-4-5-12-29(27)25-33)37-23-21-31(26-39(37)41)30-20-22-35-32(24-30)18-17-28-11-6-7-13-34(28)35/h4-26H,1-3H3. The van der Waals surface area contributed by atoms with Gasteiger partial charge in [0.2, 0.25) is 0 Å². The average molecular weight is 537 g/mol. The zero-order valence-electron chi connectivity index (χ0n) is 24.3. The Kier molecular flexibility index (Phi) is 5.49. The molecule has 0 N–H and O–H groups in total. The summed E-state index contributed by atoms with van der Waals surface area (Å²) in [5.41, 5.74) is 6.46. The Morgan fingerprint density at radius 2 is 0.833 bits per heavy atom. The Bertz CT molecular complexity index is 2330. The molecule has 0 atom stereocenters. The molecule has 0 unspecified atom stereocenters. The van der Waals surface area contributed by atoms with Crippen LogP contribution in [0.25, 0.3) is 76.1 Å². The Hall–Kier alpha value is -4.94. The van der Waals surface area contributed by atoms with Gasteiger partial charge in [0, 0.05) is 0 Å². The summed E-state index contributed by atoms with van der Waals surface area (Å²) in [7, 11) is 0. The van der Waals surface area contributed by atoms with E-state index in [-0.39, 0.29) is 5.41 Å². The van der Waals surface area contributed by atoms with E-state index in [2.05, 4.69) is 160 Å². The Morgan fingerprint density at radius 3 is 1.62 bits per heavy atom. The van der Waals surface area contributed by atoms with E-state index in [1.807, 2.05) is 0 Å². The molecule has 42 heavy (non-hydrogen) atoms. The first-order chi connectivity index (χ1) is 20.5. The Morgan fingerprint density at radius 1 is 0.333 bits per heavy atom. The van der Waals surface area contributed by atoms with Crippen molar-refractivity contribution in [2.45, 2.75) is 26.2 Å². The van der Waals surface area contributed by atoms with Crippen LogP contribution in [0.4, 0.5) is 0 Å². The van der Waals surface area contributed by atoms with Crippen molar-refractivity contribution in [2.75, 3.05) is 0 Å². The quantitative estimate of drug-likeness (QED) is 0.152. The molecule has 0 bridgehead atoms. The summed E-state index contributed by atoms with van der Waals surface area (Å²) in [4.78, 5) is 0. The van der Waals surface area contributed by atoms with Gasteiger partial charge in [0.25, 0.3) is 0 Å². The highest BCUT2D eigenvalue weighted by Crippen LogP contribution is 2.45. The molecular formula is C42H32. The summed E-state index contributed by atoms with van der Waals surface area (Å²) in [6.07, 6.45) is 0. The highest BCUT2D eigenvalue weighted by Gasteiger charge is 2.24. The normalized spacial score (nSPS) is 12.2. The van der Waals surface area contributed by atoms with E-state index in [4.69, 9.17) is 0 Å².